The van der Waals surface area contributed by atoms with Crippen LogP contribution in [0, 0.1) is 6.92 Å². The number of hydrogen-bond donors (Lipinski definition) is 2. The molecule has 0 unspecified atom stereocenters. The molecule has 4 rings (SSSR count). The molecule has 1 atom stereocenters. The number of benzene rings is 1. The van der Waals surface area contributed by atoms with Crippen molar-refractivity contribution in [2.45, 2.75) is 26.4 Å². The fraction of sp³-hybridized carbons (Fsp3) is 0.409. The van der Waals surface area contributed by atoms with Crippen LogP contribution in [0.25, 0.3) is 10.6 Å². The first-order chi connectivity index (χ1) is 15.4. The summed E-state index contributed by atoms with van der Waals surface area (Å²) in [6.45, 7) is 7.74. The zero-order valence-corrected chi connectivity index (χ0v) is 19.3. The maximum atomic E-state index is 6.03. The largest absolute Gasteiger partial charge is 0.493 e. The number of likely N-dealkylation sites (tertiary alicyclic amines) is 1. The second kappa shape index (κ2) is 9.58. The molecule has 32 heavy (non-hydrogen) atoms. The van der Waals surface area contributed by atoms with E-state index in [0.717, 1.165) is 40.8 Å². The van der Waals surface area contributed by atoms with Gasteiger partial charge in [-0.1, -0.05) is 0 Å². The van der Waals surface area contributed by atoms with E-state index < -0.39 is 0 Å². The number of thiazole rings is 1. The van der Waals surface area contributed by atoms with Gasteiger partial charge in [0, 0.05) is 23.1 Å². The van der Waals surface area contributed by atoms with Gasteiger partial charge < -0.3 is 25.7 Å². The topological polar surface area (TPSA) is 122 Å². The van der Waals surface area contributed by atoms with Crippen molar-refractivity contribution in [3.63, 3.8) is 0 Å². The molecule has 0 radical (unpaired) electrons. The molecule has 1 saturated heterocycles. The summed E-state index contributed by atoms with van der Waals surface area (Å²) in [6.07, 6.45) is 0.899. The summed E-state index contributed by atoms with van der Waals surface area (Å²) < 4.78 is 17.4. The van der Waals surface area contributed by atoms with Gasteiger partial charge in [0.1, 0.15) is 29.4 Å². The number of ether oxygens (including phenoxy) is 3. The van der Waals surface area contributed by atoms with E-state index in [1.807, 2.05) is 32.0 Å². The van der Waals surface area contributed by atoms with Crippen molar-refractivity contribution < 1.29 is 14.2 Å². The molecular weight excluding hydrogens is 428 g/mol. The fourth-order valence-electron chi connectivity index (χ4n) is 3.45. The van der Waals surface area contributed by atoms with E-state index in [1.54, 1.807) is 18.4 Å². The molecule has 9 nitrogen and oxygen atoms in total. The smallest absolute Gasteiger partial charge is 0.320 e. The molecule has 2 aromatic heterocycles. The Morgan fingerprint density at radius 2 is 1.84 bits per heavy atom. The van der Waals surface area contributed by atoms with Crippen molar-refractivity contribution in [1.29, 1.82) is 0 Å². The summed E-state index contributed by atoms with van der Waals surface area (Å²) in [5, 5.41) is 0.871. The van der Waals surface area contributed by atoms with E-state index in [0.29, 0.717) is 18.1 Å². The molecule has 170 valence electrons. The lowest BCUT2D eigenvalue weighted by atomic mass is 10.2. The van der Waals surface area contributed by atoms with Crippen molar-refractivity contribution in [3.8, 4) is 28.1 Å². The third-order valence-corrected chi connectivity index (χ3v) is 6.30. The summed E-state index contributed by atoms with van der Waals surface area (Å²) in [7, 11) is 1.65. The lowest BCUT2D eigenvalue weighted by molar-refractivity contribution is 0.145. The van der Waals surface area contributed by atoms with E-state index in [-0.39, 0.29) is 23.8 Å². The van der Waals surface area contributed by atoms with Crippen LogP contribution < -0.4 is 25.7 Å². The van der Waals surface area contributed by atoms with Crippen molar-refractivity contribution in [1.82, 2.24) is 19.9 Å². The van der Waals surface area contributed by atoms with Crippen LogP contribution in [-0.2, 0) is 0 Å². The van der Waals surface area contributed by atoms with Gasteiger partial charge in [-0.3, -0.25) is 4.90 Å². The Labute approximate surface area is 191 Å². The number of nitrogen functional groups attached to an aromatic ring is 2. The van der Waals surface area contributed by atoms with E-state index in [4.69, 9.17) is 30.7 Å². The third kappa shape index (κ3) is 5.03. The highest BCUT2D eigenvalue weighted by Crippen LogP contribution is 2.36. The van der Waals surface area contributed by atoms with Crippen molar-refractivity contribution in [2.24, 2.45) is 0 Å². The third-order valence-electron chi connectivity index (χ3n) is 5.27. The molecule has 4 N–H and O–H groups in total. The van der Waals surface area contributed by atoms with E-state index in [9.17, 15) is 0 Å². The summed E-state index contributed by atoms with van der Waals surface area (Å²) >= 11 is 1.59. The standard InChI is InChI=1S/C22H28N6O3S/c1-13(31-22-25-18(23)12-19(24)26-22)20-14(2)32-21(27-20)15-5-6-16(29-3)17(11-15)30-10-9-28-7-4-8-28/h5-6,11-13H,4,7-10H2,1-3H3,(H4,23,24,25,26)/t13-/m0/s1. The average molecular weight is 457 g/mol. The first-order valence-electron chi connectivity index (χ1n) is 10.5. The molecule has 3 heterocycles. The highest BCUT2D eigenvalue weighted by Gasteiger charge is 2.20. The number of anilines is 2. The molecule has 1 aliphatic rings. The van der Waals surface area contributed by atoms with Crippen molar-refractivity contribution >= 4 is 23.0 Å². The lowest BCUT2D eigenvalue weighted by Crippen LogP contribution is -2.39. The van der Waals surface area contributed by atoms with E-state index in [1.165, 1.54) is 12.5 Å². The number of hydrogen-bond acceptors (Lipinski definition) is 10. The first kappa shape index (κ1) is 22.1. The Balaban J connectivity index is 1.51. The number of aryl methyl sites for hydroxylation is 1. The van der Waals surface area contributed by atoms with Gasteiger partial charge in [0.05, 0.1) is 12.8 Å². The Morgan fingerprint density at radius 1 is 1.09 bits per heavy atom. The number of nitrogens with zero attached hydrogens (tertiary/aromatic N) is 4. The Hall–Kier alpha value is -3.11. The molecule has 0 amide bonds. The van der Waals surface area contributed by atoms with Gasteiger partial charge in [-0.05, 0) is 51.6 Å². The second-order valence-corrected chi connectivity index (χ2v) is 8.83. The number of aromatic nitrogens is 3. The Bertz CT molecular complexity index is 1070. The molecule has 0 spiro atoms. The number of methoxy groups -OCH3 is 1. The molecule has 1 aliphatic heterocycles. The summed E-state index contributed by atoms with van der Waals surface area (Å²) in [5.41, 5.74) is 13.2. The number of rotatable bonds is 9. The summed E-state index contributed by atoms with van der Waals surface area (Å²) in [5.74, 6) is 1.94. The van der Waals surface area contributed by atoms with Crippen LogP contribution in [0.3, 0.4) is 0 Å². The highest BCUT2D eigenvalue weighted by molar-refractivity contribution is 7.15. The molecule has 0 bridgehead atoms. The molecule has 10 heteroatoms. The van der Waals surface area contributed by atoms with Crippen LogP contribution in [0.5, 0.6) is 17.5 Å². The predicted molar refractivity (Wildman–Crippen MR) is 125 cm³/mol. The van der Waals surface area contributed by atoms with Crippen LogP contribution >= 0.6 is 11.3 Å². The van der Waals surface area contributed by atoms with E-state index >= 15 is 0 Å². The van der Waals surface area contributed by atoms with Gasteiger partial charge in [0.2, 0.25) is 0 Å². The normalized spacial score (nSPS) is 14.6. The van der Waals surface area contributed by atoms with Gasteiger partial charge in [0.15, 0.2) is 11.5 Å². The number of nitrogens with two attached hydrogens (primary N) is 2. The van der Waals surface area contributed by atoms with Crippen LogP contribution in [0.15, 0.2) is 24.3 Å². The quantitative estimate of drug-likeness (QED) is 0.499. The lowest BCUT2D eigenvalue weighted by Gasteiger charge is -2.30. The molecule has 3 aromatic rings. The van der Waals surface area contributed by atoms with Crippen molar-refractivity contribution in [2.75, 3.05) is 44.8 Å². The van der Waals surface area contributed by atoms with Gasteiger partial charge in [-0.25, -0.2) is 4.98 Å². The van der Waals surface area contributed by atoms with Gasteiger partial charge >= 0.3 is 6.01 Å². The Kier molecular flexibility index (Phi) is 6.61. The minimum absolute atomic E-state index is 0.131. The minimum atomic E-state index is -0.369. The van der Waals surface area contributed by atoms with Crippen LogP contribution in [0.2, 0.25) is 0 Å². The Morgan fingerprint density at radius 3 is 2.50 bits per heavy atom. The van der Waals surface area contributed by atoms with Crippen molar-refractivity contribution in [3.05, 3.63) is 34.8 Å². The maximum Gasteiger partial charge on any atom is 0.320 e. The first-order valence-corrected chi connectivity index (χ1v) is 11.3. The van der Waals surface area contributed by atoms with Crippen LogP contribution in [-0.4, -0.2) is 53.2 Å². The summed E-state index contributed by atoms with van der Waals surface area (Å²) in [4.78, 5) is 16.4. The van der Waals surface area contributed by atoms with E-state index in [2.05, 4.69) is 14.9 Å². The van der Waals surface area contributed by atoms with Crippen LogP contribution in [0.4, 0.5) is 11.6 Å². The van der Waals surface area contributed by atoms with Gasteiger partial charge in [-0.15, -0.1) is 11.3 Å². The zero-order valence-electron chi connectivity index (χ0n) is 18.5. The second-order valence-electron chi connectivity index (χ2n) is 7.63. The fourth-order valence-corrected chi connectivity index (χ4v) is 4.45. The predicted octanol–water partition coefficient (Wildman–Crippen LogP) is 3.31. The molecular formula is C22H28N6O3S. The maximum absolute atomic E-state index is 6.03. The summed E-state index contributed by atoms with van der Waals surface area (Å²) in [6, 6.07) is 7.48. The molecule has 0 aliphatic carbocycles. The van der Waals surface area contributed by atoms with Gasteiger partial charge in [0.25, 0.3) is 0 Å². The average Bonchev–Trinajstić information content (AvgIpc) is 3.10. The van der Waals surface area contributed by atoms with Crippen LogP contribution in [0.1, 0.15) is 30.0 Å². The molecule has 1 aromatic carbocycles. The molecule has 0 saturated carbocycles. The zero-order chi connectivity index (χ0) is 22.7. The monoisotopic (exact) mass is 456 g/mol. The highest BCUT2D eigenvalue weighted by atomic mass is 32.1. The SMILES string of the molecule is COc1ccc(-c2nc([C@H](C)Oc3nc(N)cc(N)n3)c(C)s2)cc1OCCN1CCC1. The minimum Gasteiger partial charge on any atom is -0.493 e. The molecule has 1 fully saturated rings. The van der Waals surface area contributed by atoms with Gasteiger partial charge in [-0.2, -0.15) is 9.97 Å².